The molecule has 1 nitrogen and oxygen atoms in total. The van der Waals surface area contributed by atoms with Gasteiger partial charge in [-0.15, -0.1) is 0 Å². The van der Waals surface area contributed by atoms with Crippen LogP contribution >= 0.6 is 0 Å². The van der Waals surface area contributed by atoms with Crippen molar-refractivity contribution >= 4 is 0 Å². The van der Waals surface area contributed by atoms with Gasteiger partial charge in [-0.3, -0.25) is 0 Å². The molecule has 1 heteroatoms. The van der Waals surface area contributed by atoms with Crippen LogP contribution in [-0.2, 0) is 4.74 Å². The quantitative estimate of drug-likeness (QED) is 0.706. The molecule has 2 aromatic carbocycles. The van der Waals surface area contributed by atoms with Crippen molar-refractivity contribution in [2.75, 3.05) is 6.61 Å². The van der Waals surface area contributed by atoms with Crippen LogP contribution in [0.5, 0.6) is 0 Å². The Morgan fingerprint density at radius 3 is 2.38 bits per heavy atom. The van der Waals surface area contributed by atoms with Crippen molar-refractivity contribution in [3.63, 3.8) is 0 Å². The topological polar surface area (TPSA) is 12.5 Å². The normalized spacial score (nSPS) is 18.4. The van der Waals surface area contributed by atoms with Crippen molar-refractivity contribution in [3.05, 3.63) is 66.6 Å². The third-order valence-corrected chi connectivity index (χ3v) is 2.77. The monoisotopic (exact) mass is 209 g/mol. The molecule has 2 aromatic rings. The average molecular weight is 209 g/mol. The SMILES string of the molecule is [CH](c1ccccc1-c1ccccc1)C1CO1. The maximum absolute atomic E-state index is 5.25. The van der Waals surface area contributed by atoms with E-state index in [1.807, 2.05) is 6.07 Å². The van der Waals surface area contributed by atoms with Crippen LogP contribution in [0, 0.1) is 6.42 Å². The van der Waals surface area contributed by atoms with Gasteiger partial charge in [0.15, 0.2) is 0 Å². The minimum absolute atomic E-state index is 0.324. The number of hydrogen-bond acceptors (Lipinski definition) is 1. The highest BCUT2D eigenvalue weighted by Crippen LogP contribution is 2.28. The van der Waals surface area contributed by atoms with E-state index in [1.54, 1.807) is 0 Å². The highest BCUT2D eigenvalue weighted by Gasteiger charge is 2.24. The first-order valence-electron chi connectivity index (χ1n) is 5.54. The number of rotatable bonds is 3. The van der Waals surface area contributed by atoms with E-state index in [0.717, 1.165) is 6.61 Å². The molecule has 79 valence electrons. The van der Waals surface area contributed by atoms with E-state index in [0.29, 0.717) is 6.10 Å². The predicted octanol–water partition coefficient (Wildman–Crippen LogP) is 3.30. The Hall–Kier alpha value is -1.60. The van der Waals surface area contributed by atoms with Crippen LogP contribution in [0.25, 0.3) is 11.1 Å². The van der Waals surface area contributed by atoms with E-state index in [2.05, 4.69) is 55.0 Å². The van der Waals surface area contributed by atoms with Crippen LogP contribution < -0.4 is 0 Å². The van der Waals surface area contributed by atoms with E-state index >= 15 is 0 Å². The maximum Gasteiger partial charge on any atom is 0.0885 e. The van der Waals surface area contributed by atoms with Crippen molar-refractivity contribution in [2.24, 2.45) is 0 Å². The lowest BCUT2D eigenvalue weighted by molar-refractivity contribution is 0.432. The van der Waals surface area contributed by atoms with Gasteiger partial charge in [-0.1, -0.05) is 54.6 Å². The molecule has 1 unspecified atom stereocenters. The third kappa shape index (κ3) is 2.00. The van der Waals surface area contributed by atoms with Gasteiger partial charge in [0.2, 0.25) is 0 Å². The molecule has 1 aliphatic rings. The summed E-state index contributed by atoms with van der Waals surface area (Å²) >= 11 is 0. The summed E-state index contributed by atoms with van der Waals surface area (Å²) in [6.07, 6.45) is 2.52. The highest BCUT2D eigenvalue weighted by atomic mass is 16.6. The second-order valence-corrected chi connectivity index (χ2v) is 3.99. The Kier molecular flexibility index (Phi) is 2.47. The lowest BCUT2D eigenvalue weighted by Crippen LogP contribution is -1.92. The number of hydrogen-bond donors (Lipinski definition) is 0. The molecule has 3 rings (SSSR count). The van der Waals surface area contributed by atoms with Gasteiger partial charge in [0.1, 0.15) is 0 Å². The van der Waals surface area contributed by atoms with Crippen LogP contribution in [0.15, 0.2) is 54.6 Å². The van der Waals surface area contributed by atoms with E-state index in [4.69, 9.17) is 4.74 Å². The van der Waals surface area contributed by atoms with Gasteiger partial charge in [-0.05, 0) is 16.7 Å². The summed E-state index contributed by atoms with van der Waals surface area (Å²) in [5, 5.41) is 0. The zero-order chi connectivity index (χ0) is 10.8. The molecule has 0 N–H and O–H groups in total. The number of epoxide rings is 1. The first-order chi connectivity index (χ1) is 7.93. The van der Waals surface area contributed by atoms with E-state index in [1.165, 1.54) is 16.7 Å². The van der Waals surface area contributed by atoms with E-state index < -0.39 is 0 Å². The number of ether oxygens (including phenoxy) is 1. The summed E-state index contributed by atoms with van der Waals surface area (Å²) < 4.78 is 5.25. The fourth-order valence-corrected chi connectivity index (χ4v) is 1.87. The van der Waals surface area contributed by atoms with Gasteiger partial charge in [0.25, 0.3) is 0 Å². The molecule has 0 aromatic heterocycles. The average Bonchev–Trinajstić information content (AvgIpc) is 3.15. The summed E-state index contributed by atoms with van der Waals surface area (Å²) in [7, 11) is 0. The minimum Gasteiger partial charge on any atom is -0.372 e. The van der Waals surface area contributed by atoms with Gasteiger partial charge in [-0.2, -0.15) is 0 Å². The fourth-order valence-electron chi connectivity index (χ4n) is 1.87. The van der Waals surface area contributed by atoms with Crippen LogP contribution in [-0.4, -0.2) is 12.7 Å². The predicted molar refractivity (Wildman–Crippen MR) is 65.0 cm³/mol. The molecule has 1 radical (unpaired) electrons. The van der Waals surface area contributed by atoms with E-state index in [9.17, 15) is 0 Å². The molecule has 0 bridgehead atoms. The van der Waals surface area contributed by atoms with Gasteiger partial charge in [0.05, 0.1) is 12.7 Å². The third-order valence-electron chi connectivity index (χ3n) is 2.77. The zero-order valence-corrected chi connectivity index (χ0v) is 8.97. The zero-order valence-electron chi connectivity index (χ0n) is 8.97. The van der Waals surface area contributed by atoms with E-state index in [-0.39, 0.29) is 0 Å². The Balaban J connectivity index is 1.98. The number of benzene rings is 2. The molecule has 1 fully saturated rings. The summed E-state index contributed by atoms with van der Waals surface area (Å²) in [5.74, 6) is 0. The van der Waals surface area contributed by atoms with Crippen LogP contribution in [0.1, 0.15) is 5.56 Å². The van der Waals surface area contributed by atoms with Crippen molar-refractivity contribution in [3.8, 4) is 11.1 Å². The maximum atomic E-state index is 5.25. The molecule has 0 aliphatic carbocycles. The second kappa shape index (κ2) is 4.11. The standard InChI is InChI=1S/C15H13O/c1-2-6-12(7-3-1)15-9-5-4-8-13(15)10-14-11-16-14/h1-10,14H,11H2. The minimum atomic E-state index is 0.324. The molecule has 1 atom stereocenters. The van der Waals surface area contributed by atoms with Crippen molar-refractivity contribution in [2.45, 2.75) is 6.10 Å². The smallest absolute Gasteiger partial charge is 0.0885 e. The van der Waals surface area contributed by atoms with Crippen molar-refractivity contribution < 1.29 is 4.74 Å². The van der Waals surface area contributed by atoms with Gasteiger partial charge in [-0.25, -0.2) is 0 Å². The van der Waals surface area contributed by atoms with Crippen LogP contribution in [0.4, 0.5) is 0 Å². The van der Waals surface area contributed by atoms with Gasteiger partial charge < -0.3 is 4.74 Å². The summed E-state index contributed by atoms with van der Waals surface area (Å²) in [6, 6.07) is 18.9. The molecular formula is C15H13O. The van der Waals surface area contributed by atoms with Crippen molar-refractivity contribution in [1.82, 2.24) is 0 Å². The molecular weight excluding hydrogens is 196 g/mol. The summed E-state index contributed by atoms with van der Waals surface area (Å²) in [5.41, 5.74) is 3.80. The first-order valence-corrected chi connectivity index (χ1v) is 5.54. The highest BCUT2D eigenvalue weighted by molar-refractivity contribution is 5.69. The van der Waals surface area contributed by atoms with Gasteiger partial charge >= 0.3 is 0 Å². The summed E-state index contributed by atoms with van der Waals surface area (Å²) in [4.78, 5) is 0. The molecule has 0 saturated carbocycles. The Bertz CT molecular complexity index is 472. The molecule has 16 heavy (non-hydrogen) atoms. The Morgan fingerprint density at radius 2 is 1.62 bits per heavy atom. The lowest BCUT2D eigenvalue weighted by Gasteiger charge is -2.07. The van der Waals surface area contributed by atoms with Crippen molar-refractivity contribution in [1.29, 1.82) is 0 Å². The van der Waals surface area contributed by atoms with Crippen LogP contribution in [0.2, 0.25) is 0 Å². The second-order valence-electron chi connectivity index (χ2n) is 3.99. The first kappa shape index (κ1) is 9.61. The van der Waals surface area contributed by atoms with Crippen LogP contribution in [0.3, 0.4) is 0 Å². The lowest BCUT2D eigenvalue weighted by atomic mass is 9.97. The molecule has 0 spiro atoms. The van der Waals surface area contributed by atoms with Gasteiger partial charge in [0, 0.05) is 6.42 Å². The molecule has 0 amide bonds. The molecule has 1 heterocycles. The summed E-state index contributed by atoms with van der Waals surface area (Å²) in [6.45, 7) is 0.864. The molecule has 1 saturated heterocycles. The fraction of sp³-hybridized carbons (Fsp3) is 0.133. The largest absolute Gasteiger partial charge is 0.372 e. The molecule has 1 aliphatic heterocycles. The Labute approximate surface area is 95.7 Å². The Morgan fingerprint density at radius 1 is 0.938 bits per heavy atom.